The molecule has 0 spiro atoms. The Morgan fingerprint density at radius 3 is 2.65 bits per heavy atom. The Kier molecular flexibility index (Phi) is 4.05. The molecule has 130 valence electrons. The van der Waals surface area contributed by atoms with Crippen molar-refractivity contribution in [1.82, 2.24) is 0 Å². The van der Waals surface area contributed by atoms with Gasteiger partial charge >= 0.3 is 11.6 Å². The van der Waals surface area contributed by atoms with E-state index in [0.717, 1.165) is 26.6 Å². The number of hydrogen-bond acceptors (Lipinski definition) is 5. The zero-order chi connectivity index (χ0) is 18.4. The number of hydrogen-bond donors (Lipinski definition) is 0. The number of esters is 1. The van der Waals surface area contributed by atoms with Gasteiger partial charge in [-0.1, -0.05) is 23.7 Å². The van der Waals surface area contributed by atoms with Crippen LogP contribution < -0.4 is 10.4 Å². The van der Waals surface area contributed by atoms with Crippen LogP contribution in [0.25, 0.3) is 21.1 Å². The second-order valence-corrected chi connectivity index (χ2v) is 7.47. The van der Waals surface area contributed by atoms with Gasteiger partial charge in [-0.05, 0) is 43.2 Å². The first-order valence-electron chi connectivity index (χ1n) is 7.88. The SMILES string of the molecule is Cc1ccc2c(Cl)c(C(=O)Oc3ccc4c(C)cc(=O)oc4c3)sc2c1. The summed E-state index contributed by atoms with van der Waals surface area (Å²) in [6.45, 7) is 3.81. The van der Waals surface area contributed by atoms with Gasteiger partial charge < -0.3 is 9.15 Å². The molecule has 0 unspecified atom stereocenters. The smallest absolute Gasteiger partial charge is 0.355 e. The minimum Gasteiger partial charge on any atom is -0.423 e. The Labute approximate surface area is 157 Å². The first-order valence-corrected chi connectivity index (χ1v) is 9.07. The summed E-state index contributed by atoms with van der Waals surface area (Å²) in [6, 6.07) is 12.2. The summed E-state index contributed by atoms with van der Waals surface area (Å²) in [5.74, 6) is -0.246. The van der Waals surface area contributed by atoms with E-state index < -0.39 is 11.6 Å². The van der Waals surface area contributed by atoms with Crippen molar-refractivity contribution >= 4 is 50.0 Å². The predicted octanol–water partition coefficient (Wildman–Crippen LogP) is 5.50. The Morgan fingerprint density at radius 2 is 1.85 bits per heavy atom. The second-order valence-electron chi connectivity index (χ2n) is 6.04. The first-order chi connectivity index (χ1) is 12.4. The van der Waals surface area contributed by atoms with Crippen molar-refractivity contribution in [3.8, 4) is 5.75 Å². The zero-order valence-corrected chi connectivity index (χ0v) is 15.5. The largest absolute Gasteiger partial charge is 0.423 e. The quantitative estimate of drug-likeness (QED) is 0.260. The van der Waals surface area contributed by atoms with Crippen molar-refractivity contribution in [2.45, 2.75) is 13.8 Å². The van der Waals surface area contributed by atoms with E-state index in [1.165, 1.54) is 23.5 Å². The fourth-order valence-electron chi connectivity index (χ4n) is 2.83. The van der Waals surface area contributed by atoms with E-state index in [0.29, 0.717) is 21.2 Å². The van der Waals surface area contributed by atoms with E-state index in [1.54, 1.807) is 12.1 Å². The minimum absolute atomic E-state index is 0.293. The van der Waals surface area contributed by atoms with E-state index in [9.17, 15) is 9.59 Å². The molecule has 0 atom stereocenters. The maximum Gasteiger partial charge on any atom is 0.355 e. The number of thiophene rings is 1. The van der Waals surface area contributed by atoms with Gasteiger partial charge in [0.25, 0.3) is 0 Å². The van der Waals surface area contributed by atoms with Crippen molar-refractivity contribution in [1.29, 1.82) is 0 Å². The fraction of sp³-hybridized carbons (Fsp3) is 0.100. The monoisotopic (exact) mass is 384 g/mol. The Bertz CT molecular complexity index is 1240. The van der Waals surface area contributed by atoms with Gasteiger partial charge in [0.15, 0.2) is 0 Å². The normalized spacial score (nSPS) is 11.2. The highest BCUT2D eigenvalue weighted by Crippen LogP contribution is 2.36. The molecule has 4 nitrogen and oxygen atoms in total. The molecule has 0 aliphatic heterocycles. The summed E-state index contributed by atoms with van der Waals surface area (Å²) in [5.41, 5.74) is 1.83. The van der Waals surface area contributed by atoms with Gasteiger partial charge in [-0.25, -0.2) is 9.59 Å². The van der Waals surface area contributed by atoms with Gasteiger partial charge in [-0.3, -0.25) is 0 Å². The molecule has 0 aliphatic carbocycles. The number of rotatable bonds is 2. The molecule has 0 N–H and O–H groups in total. The molecule has 4 rings (SSSR count). The molecule has 26 heavy (non-hydrogen) atoms. The third kappa shape index (κ3) is 2.89. The van der Waals surface area contributed by atoms with Gasteiger partial charge in [-0.15, -0.1) is 11.3 Å². The van der Waals surface area contributed by atoms with E-state index in [2.05, 4.69) is 0 Å². The highest BCUT2D eigenvalue weighted by molar-refractivity contribution is 7.21. The molecule has 0 bridgehead atoms. The third-order valence-electron chi connectivity index (χ3n) is 4.10. The van der Waals surface area contributed by atoms with Gasteiger partial charge in [0, 0.05) is 27.6 Å². The third-order valence-corrected chi connectivity index (χ3v) is 5.74. The predicted molar refractivity (Wildman–Crippen MR) is 104 cm³/mol. The lowest BCUT2D eigenvalue weighted by atomic mass is 10.1. The standard InChI is InChI=1S/C20H13ClO4S/c1-10-3-5-14-16(7-10)26-19(18(14)21)20(23)24-12-4-6-13-11(2)8-17(22)25-15(13)9-12/h3-9H,1-2H3. The van der Waals surface area contributed by atoms with Crippen LogP contribution in [0.15, 0.2) is 51.7 Å². The van der Waals surface area contributed by atoms with Crippen molar-refractivity contribution in [3.63, 3.8) is 0 Å². The Hall–Kier alpha value is -2.63. The fourth-order valence-corrected chi connectivity index (χ4v) is 4.31. The molecule has 2 aromatic heterocycles. The molecule has 6 heteroatoms. The molecule has 0 fully saturated rings. The van der Waals surface area contributed by atoms with Crippen molar-refractivity contribution in [2.24, 2.45) is 0 Å². The number of carbonyl (C=O) groups is 1. The van der Waals surface area contributed by atoms with E-state index in [-0.39, 0.29) is 0 Å². The minimum atomic E-state index is -0.539. The summed E-state index contributed by atoms with van der Waals surface area (Å²) in [6.07, 6.45) is 0. The Balaban J connectivity index is 1.71. The van der Waals surface area contributed by atoms with Crippen molar-refractivity contribution in [2.75, 3.05) is 0 Å². The molecule has 0 saturated heterocycles. The molecule has 2 heterocycles. The maximum absolute atomic E-state index is 12.6. The summed E-state index contributed by atoms with van der Waals surface area (Å²) in [7, 11) is 0. The summed E-state index contributed by atoms with van der Waals surface area (Å²) in [4.78, 5) is 24.5. The van der Waals surface area contributed by atoms with Crippen LogP contribution in [-0.2, 0) is 0 Å². The Morgan fingerprint density at radius 1 is 1.08 bits per heavy atom. The lowest BCUT2D eigenvalue weighted by Gasteiger charge is -2.05. The van der Waals surface area contributed by atoms with Crippen LogP contribution in [0.4, 0.5) is 0 Å². The number of halogens is 1. The van der Waals surface area contributed by atoms with Gasteiger partial charge in [0.05, 0.1) is 5.02 Å². The van der Waals surface area contributed by atoms with Crippen LogP contribution in [0.5, 0.6) is 5.75 Å². The summed E-state index contributed by atoms with van der Waals surface area (Å²) in [5, 5.41) is 2.01. The van der Waals surface area contributed by atoms with Gasteiger partial charge in [0.2, 0.25) is 0 Å². The summed E-state index contributed by atoms with van der Waals surface area (Å²) < 4.78 is 11.6. The average Bonchev–Trinajstić information content (AvgIpc) is 2.90. The van der Waals surface area contributed by atoms with Crippen LogP contribution in [-0.4, -0.2) is 5.97 Å². The van der Waals surface area contributed by atoms with Crippen LogP contribution in [0.2, 0.25) is 5.02 Å². The summed E-state index contributed by atoms with van der Waals surface area (Å²) >= 11 is 7.65. The molecule has 2 aromatic carbocycles. The van der Waals surface area contributed by atoms with E-state index >= 15 is 0 Å². The topological polar surface area (TPSA) is 56.5 Å². The molecule has 0 radical (unpaired) electrons. The van der Waals surface area contributed by atoms with Crippen LogP contribution in [0, 0.1) is 13.8 Å². The van der Waals surface area contributed by atoms with Crippen LogP contribution in [0.1, 0.15) is 20.8 Å². The number of benzene rings is 2. The highest BCUT2D eigenvalue weighted by Gasteiger charge is 2.19. The molecular formula is C20H13ClO4S. The van der Waals surface area contributed by atoms with Crippen molar-refractivity contribution < 1.29 is 13.9 Å². The maximum atomic E-state index is 12.6. The molecule has 0 aliphatic rings. The second kappa shape index (κ2) is 6.27. The van der Waals surface area contributed by atoms with E-state index in [1.807, 2.05) is 32.0 Å². The highest BCUT2D eigenvalue weighted by atomic mass is 35.5. The number of fused-ring (bicyclic) bond motifs is 2. The number of ether oxygens (including phenoxy) is 1. The van der Waals surface area contributed by atoms with Gasteiger partial charge in [-0.2, -0.15) is 0 Å². The first kappa shape index (κ1) is 16.8. The van der Waals surface area contributed by atoms with Crippen molar-refractivity contribution in [3.05, 3.63) is 73.9 Å². The lowest BCUT2D eigenvalue weighted by Crippen LogP contribution is -2.07. The van der Waals surface area contributed by atoms with Gasteiger partial charge in [0.1, 0.15) is 16.2 Å². The molecular weight excluding hydrogens is 372 g/mol. The van der Waals surface area contributed by atoms with E-state index in [4.69, 9.17) is 20.8 Å². The molecule has 4 aromatic rings. The van der Waals surface area contributed by atoms with Crippen LogP contribution >= 0.6 is 22.9 Å². The average molecular weight is 385 g/mol. The van der Waals surface area contributed by atoms with Crippen LogP contribution in [0.3, 0.4) is 0 Å². The number of aryl methyl sites for hydroxylation is 2. The number of carbonyl (C=O) groups excluding carboxylic acids is 1. The lowest BCUT2D eigenvalue weighted by molar-refractivity contribution is 0.0740. The molecule has 0 amide bonds. The zero-order valence-electron chi connectivity index (χ0n) is 14.0. The molecule has 0 saturated carbocycles.